The standard InChI is InChI=1S/C14H9Cl2N5O/c15-10-2-1-9(7-11(10)16)18-20-13-12(19-21-14(13)22)8-3-5-17-6-4-8/h1-7H,(H2,19,21,22). The van der Waals surface area contributed by atoms with E-state index < -0.39 is 0 Å². The van der Waals surface area contributed by atoms with Gasteiger partial charge in [-0.1, -0.05) is 23.2 Å². The zero-order valence-electron chi connectivity index (χ0n) is 11.0. The number of nitrogens with zero attached hydrogens (tertiary/aromatic N) is 3. The van der Waals surface area contributed by atoms with E-state index in [1.165, 1.54) is 0 Å². The van der Waals surface area contributed by atoms with Gasteiger partial charge in [0.05, 0.1) is 21.4 Å². The Bertz CT molecular complexity index is 886. The molecule has 0 aliphatic rings. The molecule has 0 unspecified atom stereocenters. The van der Waals surface area contributed by atoms with Gasteiger partial charge in [0, 0.05) is 18.0 Å². The summed E-state index contributed by atoms with van der Waals surface area (Å²) in [5, 5.41) is 14.1. The van der Waals surface area contributed by atoms with Crippen molar-refractivity contribution in [3.63, 3.8) is 0 Å². The van der Waals surface area contributed by atoms with Crippen LogP contribution in [0.3, 0.4) is 0 Å². The van der Waals surface area contributed by atoms with Gasteiger partial charge in [0.2, 0.25) is 0 Å². The fourth-order valence-electron chi connectivity index (χ4n) is 1.83. The molecule has 2 N–H and O–H groups in total. The first-order valence-electron chi connectivity index (χ1n) is 6.23. The molecule has 0 saturated heterocycles. The summed E-state index contributed by atoms with van der Waals surface area (Å²) >= 11 is 11.8. The molecular formula is C14H9Cl2N5O. The molecule has 2 heterocycles. The van der Waals surface area contributed by atoms with Gasteiger partial charge in [0.1, 0.15) is 0 Å². The Morgan fingerprint density at radius 3 is 2.45 bits per heavy atom. The second-order valence-electron chi connectivity index (χ2n) is 4.34. The fourth-order valence-corrected chi connectivity index (χ4v) is 2.12. The number of pyridine rings is 1. The van der Waals surface area contributed by atoms with Gasteiger partial charge in [-0.3, -0.25) is 20.0 Å². The number of nitrogens with one attached hydrogen (secondary N) is 2. The molecule has 2 aromatic heterocycles. The van der Waals surface area contributed by atoms with E-state index in [9.17, 15) is 4.79 Å². The van der Waals surface area contributed by atoms with Crippen LogP contribution in [-0.4, -0.2) is 15.2 Å². The van der Waals surface area contributed by atoms with Gasteiger partial charge in [0.15, 0.2) is 5.69 Å². The molecule has 0 aliphatic heterocycles. The summed E-state index contributed by atoms with van der Waals surface area (Å²) in [5.41, 5.74) is 1.62. The summed E-state index contributed by atoms with van der Waals surface area (Å²) < 4.78 is 0. The van der Waals surface area contributed by atoms with Gasteiger partial charge >= 0.3 is 0 Å². The zero-order chi connectivity index (χ0) is 15.5. The third-order valence-electron chi connectivity index (χ3n) is 2.89. The molecule has 0 saturated carbocycles. The third-order valence-corrected chi connectivity index (χ3v) is 3.63. The number of aromatic nitrogens is 3. The molecule has 0 amide bonds. The Balaban J connectivity index is 1.99. The molecule has 6 nitrogen and oxygen atoms in total. The molecule has 3 aromatic rings. The van der Waals surface area contributed by atoms with E-state index in [0.717, 1.165) is 5.56 Å². The highest BCUT2D eigenvalue weighted by Gasteiger charge is 2.11. The molecule has 0 spiro atoms. The van der Waals surface area contributed by atoms with Crippen LogP contribution < -0.4 is 5.56 Å². The van der Waals surface area contributed by atoms with Crippen molar-refractivity contribution in [2.45, 2.75) is 0 Å². The molecule has 8 heteroatoms. The normalized spacial score (nSPS) is 11.2. The number of hydrogen-bond donors (Lipinski definition) is 2. The first-order chi connectivity index (χ1) is 10.6. The lowest BCUT2D eigenvalue weighted by Crippen LogP contribution is -1.96. The van der Waals surface area contributed by atoms with Gasteiger partial charge in [-0.15, -0.1) is 5.11 Å². The maximum atomic E-state index is 11.9. The van der Waals surface area contributed by atoms with E-state index in [0.29, 0.717) is 21.4 Å². The van der Waals surface area contributed by atoms with E-state index in [2.05, 4.69) is 25.4 Å². The smallest absolute Gasteiger partial charge is 0.292 e. The van der Waals surface area contributed by atoms with Crippen molar-refractivity contribution in [1.82, 2.24) is 15.2 Å². The minimum absolute atomic E-state index is 0.178. The molecular weight excluding hydrogens is 325 g/mol. The summed E-state index contributed by atoms with van der Waals surface area (Å²) in [6.07, 6.45) is 3.25. The maximum Gasteiger partial charge on any atom is 0.292 e. The van der Waals surface area contributed by atoms with Crippen LogP contribution in [0.15, 0.2) is 57.7 Å². The average molecular weight is 334 g/mol. The molecule has 0 atom stereocenters. The van der Waals surface area contributed by atoms with E-state index in [-0.39, 0.29) is 11.2 Å². The molecule has 0 aliphatic carbocycles. The van der Waals surface area contributed by atoms with E-state index in [1.807, 2.05) is 0 Å². The summed E-state index contributed by atoms with van der Waals surface area (Å²) in [7, 11) is 0. The minimum Gasteiger partial charge on any atom is -0.295 e. The Kier molecular flexibility index (Phi) is 4.04. The van der Waals surface area contributed by atoms with Gasteiger partial charge in [-0.25, -0.2) is 0 Å². The first-order valence-corrected chi connectivity index (χ1v) is 6.98. The highest BCUT2D eigenvalue weighted by molar-refractivity contribution is 6.42. The van der Waals surface area contributed by atoms with E-state index >= 15 is 0 Å². The molecule has 22 heavy (non-hydrogen) atoms. The Morgan fingerprint density at radius 2 is 1.73 bits per heavy atom. The number of hydrogen-bond acceptors (Lipinski definition) is 4. The molecule has 3 rings (SSSR count). The Hall–Kier alpha value is -2.44. The number of H-pyrrole nitrogens is 2. The second-order valence-corrected chi connectivity index (χ2v) is 5.15. The molecule has 110 valence electrons. The van der Waals surface area contributed by atoms with Crippen molar-refractivity contribution >= 4 is 34.6 Å². The van der Waals surface area contributed by atoms with Gasteiger partial charge in [0.25, 0.3) is 5.56 Å². The predicted molar refractivity (Wildman–Crippen MR) is 85.3 cm³/mol. The predicted octanol–water partition coefficient (Wildman–Crippen LogP) is 4.49. The van der Waals surface area contributed by atoms with Crippen LogP contribution in [0.2, 0.25) is 10.0 Å². The third kappa shape index (κ3) is 2.93. The Labute approximate surface area is 134 Å². The lowest BCUT2D eigenvalue weighted by Gasteiger charge is -1.98. The topological polar surface area (TPSA) is 86.3 Å². The van der Waals surface area contributed by atoms with Crippen molar-refractivity contribution in [3.05, 3.63) is 63.1 Å². The van der Waals surface area contributed by atoms with Crippen LogP contribution in [0.25, 0.3) is 11.3 Å². The van der Waals surface area contributed by atoms with Gasteiger partial charge < -0.3 is 0 Å². The van der Waals surface area contributed by atoms with Crippen LogP contribution in [0.4, 0.5) is 11.4 Å². The SMILES string of the molecule is O=c1[nH][nH]c(-c2ccncc2)c1N=Nc1ccc(Cl)c(Cl)c1. The lowest BCUT2D eigenvalue weighted by atomic mass is 10.2. The van der Waals surface area contributed by atoms with Crippen molar-refractivity contribution in [2.24, 2.45) is 10.2 Å². The molecule has 0 fully saturated rings. The largest absolute Gasteiger partial charge is 0.295 e. The number of azo groups is 1. The van der Waals surface area contributed by atoms with E-state index in [4.69, 9.17) is 23.2 Å². The lowest BCUT2D eigenvalue weighted by molar-refractivity contribution is 1.06. The van der Waals surface area contributed by atoms with Gasteiger partial charge in [-0.2, -0.15) is 5.11 Å². The fraction of sp³-hybridized carbons (Fsp3) is 0. The summed E-state index contributed by atoms with van der Waals surface area (Å²) in [6.45, 7) is 0. The number of rotatable bonds is 3. The summed E-state index contributed by atoms with van der Waals surface area (Å²) in [6, 6.07) is 8.36. The number of halogens is 2. The summed E-state index contributed by atoms with van der Waals surface area (Å²) in [5.74, 6) is 0. The van der Waals surface area contributed by atoms with E-state index in [1.54, 1.807) is 42.7 Å². The van der Waals surface area contributed by atoms with Crippen molar-refractivity contribution in [3.8, 4) is 11.3 Å². The first kappa shape index (κ1) is 14.5. The monoisotopic (exact) mass is 333 g/mol. The molecule has 1 aromatic carbocycles. The second kappa shape index (κ2) is 6.13. The summed E-state index contributed by atoms with van der Waals surface area (Å²) in [4.78, 5) is 15.8. The molecule has 0 bridgehead atoms. The van der Waals surface area contributed by atoms with Gasteiger partial charge in [-0.05, 0) is 30.3 Å². The van der Waals surface area contributed by atoms with Crippen LogP contribution >= 0.6 is 23.2 Å². The van der Waals surface area contributed by atoms with Crippen molar-refractivity contribution in [1.29, 1.82) is 0 Å². The average Bonchev–Trinajstić information content (AvgIpc) is 2.90. The van der Waals surface area contributed by atoms with Crippen molar-refractivity contribution < 1.29 is 0 Å². The van der Waals surface area contributed by atoms with Crippen LogP contribution in [-0.2, 0) is 0 Å². The van der Waals surface area contributed by atoms with Crippen LogP contribution in [0, 0.1) is 0 Å². The quantitative estimate of drug-likeness (QED) is 0.692. The highest BCUT2D eigenvalue weighted by atomic mass is 35.5. The zero-order valence-corrected chi connectivity index (χ0v) is 12.6. The number of aromatic amines is 2. The van der Waals surface area contributed by atoms with Crippen LogP contribution in [0.1, 0.15) is 0 Å². The molecule has 0 radical (unpaired) electrons. The Morgan fingerprint density at radius 1 is 0.955 bits per heavy atom. The van der Waals surface area contributed by atoms with Crippen molar-refractivity contribution in [2.75, 3.05) is 0 Å². The minimum atomic E-state index is -0.365. The number of benzene rings is 1. The highest BCUT2D eigenvalue weighted by Crippen LogP contribution is 2.29. The maximum absolute atomic E-state index is 11.9. The van der Waals surface area contributed by atoms with Crippen LogP contribution in [0.5, 0.6) is 0 Å².